The number of rotatable bonds is 6. The maximum atomic E-state index is 12.4. The van der Waals surface area contributed by atoms with Gasteiger partial charge in [0.1, 0.15) is 0 Å². The molecule has 0 radical (unpaired) electrons. The molecule has 1 fully saturated rings. The van der Waals surface area contributed by atoms with Gasteiger partial charge in [-0.25, -0.2) is 8.42 Å². The Bertz CT molecular complexity index is 858. The minimum Gasteiger partial charge on any atom is -0.299 e. The van der Waals surface area contributed by atoms with E-state index >= 15 is 0 Å². The predicted molar refractivity (Wildman–Crippen MR) is 99.5 cm³/mol. The van der Waals surface area contributed by atoms with Crippen LogP contribution in [0.2, 0.25) is 0 Å². The number of anilines is 1. The molecule has 0 spiro atoms. The molecule has 0 unspecified atom stereocenters. The zero-order valence-corrected chi connectivity index (χ0v) is 15.1. The number of piperidine rings is 1. The van der Waals surface area contributed by atoms with Crippen LogP contribution in [-0.4, -0.2) is 31.3 Å². The highest BCUT2D eigenvalue weighted by Crippen LogP contribution is 2.20. The molecule has 1 saturated heterocycles. The predicted octanol–water partition coefficient (Wildman–Crippen LogP) is 3.38. The van der Waals surface area contributed by atoms with Crippen LogP contribution in [0.1, 0.15) is 24.8 Å². The van der Waals surface area contributed by atoms with E-state index in [0.29, 0.717) is 5.69 Å². The molecule has 0 aromatic heterocycles. The molecule has 138 valence electrons. The summed E-state index contributed by atoms with van der Waals surface area (Å²) in [6, 6.07) is 12.1. The highest BCUT2D eigenvalue weighted by Gasteiger charge is 2.16. The minimum atomic E-state index is -3.78. The fraction of sp³-hybridized carbons (Fsp3) is 0.333. The third kappa shape index (κ3) is 4.59. The highest BCUT2D eigenvalue weighted by atomic mass is 32.2. The average Bonchev–Trinajstić information content (AvgIpc) is 2.64. The van der Waals surface area contributed by atoms with Crippen molar-refractivity contribution in [2.75, 3.05) is 17.8 Å². The molecule has 1 aliphatic heterocycles. The number of likely N-dealkylation sites (tertiary alicyclic amines) is 1. The molecule has 7 nitrogen and oxygen atoms in total. The van der Waals surface area contributed by atoms with Crippen molar-refractivity contribution in [1.29, 1.82) is 0 Å². The van der Waals surface area contributed by atoms with Crippen molar-refractivity contribution in [2.45, 2.75) is 30.7 Å². The first-order chi connectivity index (χ1) is 12.4. The first kappa shape index (κ1) is 18.3. The Morgan fingerprint density at radius 2 is 1.58 bits per heavy atom. The van der Waals surface area contributed by atoms with Gasteiger partial charge < -0.3 is 0 Å². The second-order valence-electron chi connectivity index (χ2n) is 6.39. The molecule has 1 aliphatic rings. The van der Waals surface area contributed by atoms with Crippen LogP contribution >= 0.6 is 0 Å². The van der Waals surface area contributed by atoms with Gasteiger partial charge in [-0.1, -0.05) is 18.6 Å². The van der Waals surface area contributed by atoms with Gasteiger partial charge in [0.25, 0.3) is 15.7 Å². The van der Waals surface area contributed by atoms with Gasteiger partial charge in [0.15, 0.2) is 0 Å². The molecule has 8 heteroatoms. The van der Waals surface area contributed by atoms with Crippen molar-refractivity contribution >= 4 is 21.4 Å². The van der Waals surface area contributed by atoms with Gasteiger partial charge in [0.2, 0.25) is 0 Å². The first-order valence-electron chi connectivity index (χ1n) is 8.53. The molecule has 1 N–H and O–H groups in total. The standard InChI is InChI=1S/C18H21N3O4S/c22-21(23)17-8-10-18(11-9-17)26(24,25)19-16-6-4-15(5-7-16)14-20-12-2-1-3-13-20/h4-11,19H,1-3,12-14H2. The van der Waals surface area contributed by atoms with E-state index in [1.54, 1.807) is 12.1 Å². The van der Waals surface area contributed by atoms with Crippen LogP contribution in [0.25, 0.3) is 0 Å². The number of sulfonamides is 1. The van der Waals surface area contributed by atoms with Crippen LogP contribution in [0.3, 0.4) is 0 Å². The molecule has 0 aliphatic carbocycles. The molecular formula is C18H21N3O4S. The highest BCUT2D eigenvalue weighted by molar-refractivity contribution is 7.92. The molecule has 2 aromatic carbocycles. The lowest BCUT2D eigenvalue weighted by atomic mass is 10.1. The fourth-order valence-corrected chi connectivity index (χ4v) is 4.07. The summed E-state index contributed by atoms with van der Waals surface area (Å²) < 4.78 is 27.3. The SMILES string of the molecule is O=[N+]([O-])c1ccc(S(=O)(=O)Nc2ccc(CN3CCCCC3)cc2)cc1. The maximum Gasteiger partial charge on any atom is 0.269 e. The third-order valence-corrected chi connectivity index (χ3v) is 5.82. The lowest BCUT2D eigenvalue weighted by Gasteiger charge is -2.26. The van der Waals surface area contributed by atoms with E-state index in [9.17, 15) is 18.5 Å². The molecule has 0 amide bonds. The van der Waals surface area contributed by atoms with Crippen LogP contribution in [0.5, 0.6) is 0 Å². The summed E-state index contributed by atoms with van der Waals surface area (Å²) in [7, 11) is -3.78. The van der Waals surface area contributed by atoms with Gasteiger partial charge >= 0.3 is 0 Å². The molecule has 0 saturated carbocycles. The quantitative estimate of drug-likeness (QED) is 0.617. The number of nitrogens with zero attached hydrogens (tertiary/aromatic N) is 2. The lowest BCUT2D eigenvalue weighted by molar-refractivity contribution is -0.384. The van der Waals surface area contributed by atoms with Gasteiger partial charge in [-0.15, -0.1) is 0 Å². The Morgan fingerprint density at radius 1 is 0.962 bits per heavy atom. The Hall–Kier alpha value is -2.45. The molecule has 1 heterocycles. The topological polar surface area (TPSA) is 92.5 Å². The van der Waals surface area contributed by atoms with Crippen molar-refractivity contribution in [1.82, 2.24) is 4.90 Å². The van der Waals surface area contributed by atoms with E-state index in [-0.39, 0.29) is 10.6 Å². The number of benzene rings is 2. The lowest BCUT2D eigenvalue weighted by Crippen LogP contribution is -2.29. The van der Waals surface area contributed by atoms with Crippen molar-refractivity contribution in [3.63, 3.8) is 0 Å². The van der Waals surface area contributed by atoms with Gasteiger partial charge in [0.05, 0.1) is 9.82 Å². The Balaban J connectivity index is 1.66. The van der Waals surface area contributed by atoms with E-state index in [2.05, 4.69) is 9.62 Å². The summed E-state index contributed by atoms with van der Waals surface area (Å²) in [5.74, 6) is 0. The molecule has 0 bridgehead atoms. The normalized spacial score (nSPS) is 15.5. The summed E-state index contributed by atoms with van der Waals surface area (Å²) in [6.45, 7) is 3.08. The summed E-state index contributed by atoms with van der Waals surface area (Å²) in [4.78, 5) is 12.5. The Morgan fingerprint density at radius 3 is 2.15 bits per heavy atom. The molecule has 0 atom stereocenters. The fourth-order valence-electron chi connectivity index (χ4n) is 3.01. The number of hydrogen-bond acceptors (Lipinski definition) is 5. The number of non-ortho nitro benzene ring substituents is 1. The van der Waals surface area contributed by atoms with E-state index in [4.69, 9.17) is 0 Å². The van der Waals surface area contributed by atoms with Crippen molar-refractivity contribution < 1.29 is 13.3 Å². The van der Waals surface area contributed by atoms with E-state index < -0.39 is 14.9 Å². The second-order valence-corrected chi connectivity index (χ2v) is 8.07. The van der Waals surface area contributed by atoms with Gasteiger partial charge in [0, 0.05) is 24.4 Å². The molecule has 26 heavy (non-hydrogen) atoms. The zero-order chi connectivity index (χ0) is 18.6. The smallest absolute Gasteiger partial charge is 0.269 e. The second kappa shape index (κ2) is 7.84. The molecule has 2 aromatic rings. The first-order valence-corrected chi connectivity index (χ1v) is 10.0. The van der Waals surface area contributed by atoms with Crippen molar-refractivity contribution in [3.05, 3.63) is 64.2 Å². The van der Waals surface area contributed by atoms with E-state index in [1.165, 1.54) is 43.5 Å². The summed E-state index contributed by atoms with van der Waals surface area (Å²) in [5, 5.41) is 10.7. The van der Waals surface area contributed by atoms with Crippen LogP contribution in [-0.2, 0) is 16.6 Å². The van der Waals surface area contributed by atoms with Crippen molar-refractivity contribution in [3.8, 4) is 0 Å². The van der Waals surface area contributed by atoms with Gasteiger partial charge in [-0.3, -0.25) is 19.7 Å². The maximum absolute atomic E-state index is 12.4. The van der Waals surface area contributed by atoms with Gasteiger partial charge in [-0.05, 0) is 55.8 Å². The van der Waals surface area contributed by atoms with Crippen LogP contribution < -0.4 is 4.72 Å². The van der Waals surface area contributed by atoms with Crippen LogP contribution in [0, 0.1) is 10.1 Å². The Kier molecular flexibility index (Phi) is 5.53. The van der Waals surface area contributed by atoms with E-state index in [0.717, 1.165) is 25.2 Å². The average molecular weight is 375 g/mol. The summed E-state index contributed by atoms with van der Waals surface area (Å²) in [5.41, 5.74) is 1.46. The van der Waals surface area contributed by atoms with E-state index in [1.807, 2.05) is 12.1 Å². The summed E-state index contributed by atoms with van der Waals surface area (Å²) >= 11 is 0. The third-order valence-electron chi connectivity index (χ3n) is 4.42. The summed E-state index contributed by atoms with van der Waals surface area (Å²) in [6.07, 6.45) is 3.75. The number of nitro groups is 1. The molecule has 3 rings (SSSR count). The minimum absolute atomic E-state index is 0.0134. The number of nitrogens with one attached hydrogen (secondary N) is 1. The number of hydrogen-bond donors (Lipinski definition) is 1. The zero-order valence-electron chi connectivity index (χ0n) is 14.3. The largest absolute Gasteiger partial charge is 0.299 e. The molecular weight excluding hydrogens is 354 g/mol. The van der Waals surface area contributed by atoms with Crippen molar-refractivity contribution in [2.24, 2.45) is 0 Å². The number of nitro benzene ring substituents is 1. The Labute approximate surface area is 152 Å². The van der Waals surface area contributed by atoms with Crippen LogP contribution in [0.4, 0.5) is 11.4 Å². The van der Waals surface area contributed by atoms with Gasteiger partial charge in [-0.2, -0.15) is 0 Å². The monoisotopic (exact) mass is 375 g/mol. The van der Waals surface area contributed by atoms with Crippen LogP contribution in [0.15, 0.2) is 53.4 Å².